The van der Waals surface area contributed by atoms with E-state index in [2.05, 4.69) is 129 Å². The van der Waals surface area contributed by atoms with Crippen LogP contribution in [0.1, 0.15) is 56.2 Å². The maximum atomic E-state index is 7.63. The Balaban J connectivity index is 1.33. The molecule has 1 atom stereocenters. The predicted molar refractivity (Wildman–Crippen MR) is 194 cm³/mol. The van der Waals surface area contributed by atoms with Crippen molar-refractivity contribution in [2.24, 2.45) is 0 Å². The van der Waals surface area contributed by atoms with Crippen LogP contribution in [0.25, 0.3) is 22.6 Å². The largest absolute Gasteiger partial charge is 0.439 e. The average Bonchev–Trinajstić information content (AvgIpc) is 3.55. The van der Waals surface area contributed by atoms with E-state index in [0.29, 0.717) is 12.4 Å². The number of benzene rings is 5. The van der Waals surface area contributed by atoms with Gasteiger partial charge in [-0.1, -0.05) is 160 Å². The normalized spacial score (nSPS) is 16.3. The lowest BCUT2D eigenvalue weighted by Gasteiger charge is -2.44. The summed E-state index contributed by atoms with van der Waals surface area (Å²) >= 11 is 0. The van der Waals surface area contributed by atoms with Crippen LogP contribution in [0.2, 0.25) is 0 Å². The highest BCUT2D eigenvalue weighted by Crippen LogP contribution is 2.42. The second kappa shape index (κ2) is 13.3. The highest BCUT2D eigenvalue weighted by molar-refractivity contribution is 6.80. The molecule has 1 aliphatic carbocycles. The van der Waals surface area contributed by atoms with Crippen molar-refractivity contribution in [2.75, 3.05) is 0 Å². The minimum atomic E-state index is -2.15. The first-order chi connectivity index (χ1) is 22.9. The number of hydrogen-bond donors (Lipinski definition) is 1. The number of nitrogens with one attached hydrogen (secondary N) is 1. The maximum absolute atomic E-state index is 7.63. The molecule has 1 N–H and O–H groups in total. The fourth-order valence-corrected chi connectivity index (χ4v) is 9.49. The van der Waals surface area contributed by atoms with Crippen molar-refractivity contribution in [2.45, 2.75) is 57.7 Å². The van der Waals surface area contributed by atoms with Gasteiger partial charge in [-0.05, 0) is 46.2 Å². The van der Waals surface area contributed by atoms with Gasteiger partial charge >= 0.3 is 0 Å². The van der Waals surface area contributed by atoms with Gasteiger partial charge in [0.1, 0.15) is 11.4 Å². The van der Waals surface area contributed by atoms with Crippen molar-refractivity contribution >= 4 is 19.4 Å². The van der Waals surface area contributed by atoms with Crippen molar-refractivity contribution in [3.8, 4) is 22.6 Å². The monoisotopic (exact) mass is 634 g/mol. The van der Waals surface area contributed by atoms with Gasteiger partial charge in [-0.15, -0.1) is 0 Å². The van der Waals surface area contributed by atoms with E-state index < -0.39 is 14.8 Å². The fraction of sp³-hybridized carbons (Fsp3) is 0.214. The van der Waals surface area contributed by atoms with E-state index >= 15 is 0 Å². The first-order valence-corrected chi connectivity index (χ1v) is 18.3. The van der Waals surface area contributed by atoms with Crippen LogP contribution in [0.15, 0.2) is 144 Å². The highest BCUT2D eigenvalue weighted by Gasteiger charge is 2.42. The first-order valence-electron chi connectivity index (χ1n) is 16.7. The molecular formula is C42H42N2O2Si. The minimum absolute atomic E-state index is 0.0157. The Hall–Kier alpha value is -4.55. The summed E-state index contributed by atoms with van der Waals surface area (Å²) in [6, 6.07) is 48.9. The third-order valence-electron chi connectivity index (χ3n) is 9.18. The summed E-state index contributed by atoms with van der Waals surface area (Å²) < 4.78 is 14.2. The quantitative estimate of drug-likeness (QED) is 0.129. The molecule has 0 amide bonds. The zero-order valence-corrected chi connectivity index (χ0v) is 28.6. The van der Waals surface area contributed by atoms with E-state index in [-0.39, 0.29) is 5.41 Å². The summed E-state index contributed by atoms with van der Waals surface area (Å²) in [5.74, 6) is 1.42. The van der Waals surface area contributed by atoms with Crippen molar-refractivity contribution in [1.82, 2.24) is 10.3 Å². The standard InChI is InChI=1S/C42H42N2O2Si/c1-41(2,3)36-27-16-28-37-35(36)26-17-29-42(37,46-47(33-22-12-6-13-23-33)34-24-14-7-15-25-34)43-30-38-44-39(31-18-8-4-9-19-31)40(45-38)32-20-10-5-11-21-32/h4-16,18-25,27-28,43,47H,17,26,29-30H2,1-3H3/t42-/m0/s1. The minimum Gasteiger partial charge on any atom is -0.439 e. The molecule has 5 aromatic carbocycles. The molecule has 47 heavy (non-hydrogen) atoms. The molecule has 7 rings (SSSR count). The van der Waals surface area contributed by atoms with Crippen LogP contribution < -0.4 is 15.7 Å². The molecule has 1 heterocycles. The van der Waals surface area contributed by atoms with Crippen LogP contribution >= 0.6 is 0 Å². The molecule has 0 fully saturated rings. The maximum Gasteiger partial charge on any atom is 0.242 e. The third-order valence-corrected chi connectivity index (χ3v) is 11.8. The Bertz CT molecular complexity index is 1820. The van der Waals surface area contributed by atoms with Gasteiger partial charge in [0, 0.05) is 16.7 Å². The summed E-state index contributed by atoms with van der Waals surface area (Å²) in [7, 11) is -2.15. The second-order valence-corrected chi connectivity index (χ2v) is 15.8. The molecule has 0 spiro atoms. The van der Waals surface area contributed by atoms with Gasteiger partial charge < -0.3 is 8.84 Å². The predicted octanol–water partition coefficient (Wildman–Crippen LogP) is 8.14. The van der Waals surface area contributed by atoms with Crippen LogP contribution in [0.5, 0.6) is 0 Å². The number of rotatable bonds is 9. The number of hydrogen-bond acceptors (Lipinski definition) is 4. The van der Waals surface area contributed by atoms with Gasteiger partial charge in [-0.2, -0.15) is 0 Å². The summed E-state index contributed by atoms with van der Waals surface area (Å²) in [6.07, 6.45) is 2.91. The van der Waals surface area contributed by atoms with E-state index in [1.54, 1.807) is 0 Å². The Morgan fingerprint density at radius 2 is 1.30 bits per heavy atom. The summed E-state index contributed by atoms with van der Waals surface area (Å²) in [5, 5.41) is 6.47. The molecule has 0 radical (unpaired) electrons. The number of fused-ring (bicyclic) bond motifs is 1. The fourth-order valence-electron chi connectivity index (χ4n) is 6.95. The van der Waals surface area contributed by atoms with Crippen LogP contribution in [-0.4, -0.2) is 14.0 Å². The van der Waals surface area contributed by atoms with E-state index in [1.165, 1.54) is 27.1 Å². The first kappa shape index (κ1) is 31.1. The smallest absolute Gasteiger partial charge is 0.242 e. The molecular weight excluding hydrogens is 593 g/mol. The zero-order chi connectivity index (χ0) is 32.3. The number of aromatic nitrogens is 1. The van der Waals surface area contributed by atoms with Crippen LogP contribution in [0.3, 0.4) is 0 Å². The van der Waals surface area contributed by atoms with Gasteiger partial charge in [0.2, 0.25) is 14.9 Å². The SMILES string of the molecule is CC(C)(C)c1cccc2c1CCC[C@]2(NCc1nc(-c2ccccc2)c(-c2ccccc2)o1)O[SiH](c1ccccc1)c1ccccc1. The molecule has 6 aromatic rings. The summed E-state index contributed by atoms with van der Waals surface area (Å²) in [4.78, 5) is 5.11. The Labute approximate surface area is 280 Å². The van der Waals surface area contributed by atoms with Crippen LogP contribution in [0, 0.1) is 0 Å². The van der Waals surface area contributed by atoms with E-state index in [0.717, 1.165) is 41.8 Å². The third kappa shape index (κ3) is 6.52. The lowest BCUT2D eigenvalue weighted by atomic mass is 9.75. The van der Waals surface area contributed by atoms with Crippen molar-refractivity contribution in [3.05, 3.63) is 162 Å². The van der Waals surface area contributed by atoms with Gasteiger partial charge in [0.25, 0.3) is 0 Å². The van der Waals surface area contributed by atoms with Gasteiger partial charge in [0.05, 0.1) is 6.54 Å². The Kier molecular flexibility index (Phi) is 8.78. The molecule has 1 aliphatic rings. The lowest BCUT2D eigenvalue weighted by Crippen LogP contribution is -2.56. The zero-order valence-electron chi connectivity index (χ0n) is 27.4. The van der Waals surface area contributed by atoms with Crippen molar-refractivity contribution in [3.63, 3.8) is 0 Å². The van der Waals surface area contributed by atoms with E-state index in [1.807, 2.05) is 36.4 Å². The second-order valence-electron chi connectivity index (χ2n) is 13.5. The molecule has 4 nitrogen and oxygen atoms in total. The number of oxazole rings is 1. The van der Waals surface area contributed by atoms with Gasteiger partial charge in [-0.25, -0.2) is 4.98 Å². The molecule has 0 saturated heterocycles. The molecule has 0 unspecified atom stereocenters. The molecule has 1 aromatic heterocycles. The summed E-state index contributed by atoms with van der Waals surface area (Å²) in [5.41, 5.74) is 6.21. The van der Waals surface area contributed by atoms with E-state index in [4.69, 9.17) is 13.8 Å². The Morgan fingerprint density at radius 3 is 1.89 bits per heavy atom. The summed E-state index contributed by atoms with van der Waals surface area (Å²) in [6.45, 7) is 7.35. The molecule has 236 valence electrons. The number of nitrogens with zero attached hydrogens (tertiary/aromatic N) is 1. The van der Waals surface area contributed by atoms with Crippen LogP contribution in [0.4, 0.5) is 0 Å². The molecule has 0 aliphatic heterocycles. The lowest BCUT2D eigenvalue weighted by molar-refractivity contribution is 0.00797. The topological polar surface area (TPSA) is 47.3 Å². The van der Waals surface area contributed by atoms with Gasteiger partial charge in [-0.3, -0.25) is 5.32 Å². The van der Waals surface area contributed by atoms with Crippen LogP contribution in [-0.2, 0) is 28.5 Å². The molecule has 0 saturated carbocycles. The van der Waals surface area contributed by atoms with Crippen molar-refractivity contribution in [1.29, 1.82) is 0 Å². The van der Waals surface area contributed by atoms with E-state index in [9.17, 15) is 0 Å². The van der Waals surface area contributed by atoms with Gasteiger partial charge in [0.15, 0.2) is 5.76 Å². The van der Waals surface area contributed by atoms with Crippen molar-refractivity contribution < 1.29 is 8.84 Å². The highest BCUT2D eigenvalue weighted by atomic mass is 28.3. The molecule has 0 bridgehead atoms. The Morgan fingerprint density at radius 1 is 0.723 bits per heavy atom. The average molecular weight is 635 g/mol. The molecule has 5 heteroatoms.